The van der Waals surface area contributed by atoms with Crippen molar-refractivity contribution in [2.75, 3.05) is 26.3 Å². The van der Waals surface area contributed by atoms with Crippen molar-refractivity contribution in [2.45, 2.75) is 12.5 Å². The molecule has 0 radical (unpaired) electrons. The second-order valence-electron chi connectivity index (χ2n) is 7.50. The lowest BCUT2D eigenvalue weighted by molar-refractivity contribution is -0.131. The maximum atomic E-state index is 12.7. The molecule has 0 saturated carbocycles. The average molecular weight is 419 g/mol. The molecule has 8 heteroatoms. The normalized spacial score (nSPS) is 18.8. The summed E-state index contributed by atoms with van der Waals surface area (Å²) in [4.78, 5) is 31.2. The van der Waals surface area contributed by atoms with Gasteiger partial charge in [0.15, 0.2) is 0 Å². The summed E-state index contributed by atoms with van der Waals surface area (Å²) in [5.41, 5.74) is 3.43. The number of hydrogen-bond donors (Lipinski definition) is 1. The highest BCUT2D eigenvalue weighted by molar-refractivity contribution is 5.95. The van der Waals surface area contributed by atoms with Crippen LogP contribution in [0.15, 0.2) is 60.7 Å². The van der Waals surface area contributed by atoms with E-state index in [9.17, 15) is 9.59 Å². The predicted molar refractivity (Wildman–Crippen MR) is 117 cm³/mol. The summed E-state index contributed by atoms with van der Waals surface area (Å²) in [7, 11) is 1.86. The standard InChI is InChI=1S/C23H25N5O3/c1-27-16-19(15-25-27)21-7-8-24-14-18(21)5-6-22(29)26-20-4-2-3-17(13-20)23(30)28-9-11-31-12-10-28/h2-8,14-16,20H,9-13H2,1H3,(H,26,29)/b6-5+. The number of morpholine rings is 1. The lowest BCUT2D eigenvalue weighted by atomic mass is 9.99. The van der Waals surface area contributed by atoms with E-state index in [-0.39, 0.29) is 17.9 Å². The van der Waals surface area contributed by atoms with Crippen LogP contribution in [0.5, 0.6) is 0 Å². The van der Waals surface area contributed by atoms with Crippen molar-refractivity contribution in [1.82, 2.24) is 25.0 Å². The molecule has 0 aromatic carbocycles. The Hall–Kier alpha value is -3.52. The van der Waals surface area contributed by atoms with E-state index >= 15 is 0 Å². The number of carbonyl (C=O) groups is 2. The molecule has 8 nitrogen and oxygen atoms in total. The van der Waals surface area contributed by atoms with Gasteiger partial charge < -0.3 is 15.0 Å². The van der Waals surface area contributed by atoms with E-state index in [2.05, 4.69) is 15.4 Å². The number of pyridine rings is 1. The van der Waals surface area contributed by atoms with Gasteiger partial charge in [-0.15, -0.1) is 0 Å². The van der Waals surface area contributed by atoms with E-state index in [4.69, 9.17) is 4.74 Å². The molecule has 3 heterocycles. The van der Waals surface area contributed by atoms with Gasteiger partial charge >= 0.3 is 0 Å². The lowest BCUT2D eigenvalue weighted by Gasteiger charge is -2.29. The first-order valence-corrected chi connectivity index (χ1v) is 10.3. The Kier molecular flexibility index (Phi) is 6.37. The molecule has 31 heavy (non-hydrogen) atoms. The summed E-state index contributed by atoms with van der Waals surface area (Å²) >= 11 is 0. The zero-order valence-corrected chi connectivity index (χ0v) is 17.4. The van der Waals surface area contributed by atoms with Gasteiger partial charge in [0.05, 0.1) is 25.5 Å². The molecule has 2 aromatic rings. The van der Waals surface area contributed by atoms with Gasteiger partial charge in [0, 0.05) is 67.9 Å². The Bertz CT molecular complexity index is 1050. The van der Waals surface area contributed by atoms with Gasteiger partial charge in [-0.3, -0.25) is 19.3 Å². The molecule has 160 valence electrons. The third-order valence-corrected chi connectivity index (χ3v) is 5.26. The molecule has 0 spiro atoms. The first-order valence-electron chi connectivity index (χ1n) is 10.3. The fourth-order valence-electron chi connectivity index (χ4n) is 3.67. The number of nitrogens with one attached hydrogen (secondary N) is 1. The van der Waals surface area contributed by atoms with E-state index in [1.807, 2.05) is 37.5 Å². The molecule has 1 atom stereocenters. The quantitative estimate of drug-likeness (QED) is 0.746. The highest BCUT2D eigenvalue weighted by Gasteiger charge is 2.24. The van der Waals surface area contributed by atoms with E-state index in [1.54, 1.807) is 34.2 Å². The summed E-state index contributed by atoms with van der Waals surface area (Å²) in [6.45, 7) is 2.33. The van der Waals surface area contributed by atoms with Crippen LogP contribution in [0, 0.1) is 0 Å². The number of amides is 2. The van der Waals surface area contributed by atoms with Gasteiger partial charge in [-0.2, -0.15) is 5.10 Å². The summed E-state index contributed by atoms with van der Waals surface area (Å²) in [5, 5.41) is 7.16. The number of carbonyl (C=O) groups excluding carboxylic acids is 2. The number of allylic oxidation sites excluding steroid dienone is 2. The first kappa shape index (κ1) is 20.7. The summed E-state index contributed by atoms with van der Waals surface area (Å²) in [5.74, 6) is -0.213. The molecule has 0 bridgehead atoms. The summed E-state index contributed by atoms with van der Waals surface area (Å²) < 4.78 is 7.04. The predicted octanol–water partition coefficient (Wildman–Crippen LogP) is 1.73. The van der Waals surface area contributed by atoms with Crippen LogP contribution >= 0.6 is 0 Å². The molecule has 4 rings (SSSR count). The van der Waals surface area contributed by atoms with Crippen molar-refractivity contribution in [1.29, 1.82) is 0 Å². The first-order chi connectivity index (χ1) is 15.1. The molecule has 2 aliphatic rings. The van der Waals surface area contributed by atoms with Crippen molar-refractivity contribution in [3.8, 4) is 11.1 Å². The van der Waals surface area contributed by atoms with E-state index in [0.717, 1.165) is 16.7 Å². The molecule has 1 fully saturated rings. The maximum Gasteiger partial charge on any atom is 0.250 e. The van der Waals surface area contributed by atoms with Gasteiger partial charge in [0.2, 0.25) is 11.8 Å². The molecule has 2 amide bonds. The van der Waals surface area contributed by atoms with Crippen LogP contribution in [0.4, 0.5) is 0 Å². The monoisotopic (exact) mass is 419 g/mol. The van der Waals surface area contributed by atoms with Crippen molar-refractivity contribution >= 4 is 17.9 Å². The van der Waals surface area contributed by atoms with E-state index in [0.29, 0.717) is 38.3 Å². The number of aromatic nitrogens is 3. The van der Waals surface area contributed by atoms with Crippen molar-refractivity contribution in [3.63, 3.8) is 0 Å². The molecule has 1 aliphatic heterocycles. The topological polar surface area (TPSA) is 89.4 Å². The highest BCUT2D eigenvalue weighted by atomic mass is 16.5. The van der Waals surface area contributed by atoms with Gasteiger partial charge in [-0.1, -0.05) is 18.2 Å². The minimum absolute atomic E-state index is 0.0129. The second-order valence-corrected chi connectivity index (χ2v) is 7.50. The molecule has 1 saturated heterocycles. The number of ether oxygens (including phenoxy) is 1. The number of nitrogens with zero attached hydrogens (tertiary/aromatic N) is 4. The summed E-state index contributed by atoms with van der Waals surface area (Å²) in [6, 6.07) is 1.67. The van der Waals surface area contributed by atoms with Gasteiger partial charge in [0.25, 0.3) is 0 Å². The van der Waals surface area contributed by atoms with Crippen LogP contribution in [-0.4, -0.2) is 63.8 Å². The van der Waals surface area contributed by atoms with E-state index < -0.39 is 0 Å². The highest BCUT2D eigenvalue weighted by Crippen LogP contribution is 2.23. The van der Waals surface area contributed by atoms with E-state index in [1.165, 1.54) is 6.08 Å². The third-order valence-electron chi connectivity index (χ3n) is 5.26. The van der Waals surface area contributed by atoms with Crippen LogP contribution < -0.4 is 5.32 Å². The van der Waals surface area contributed by atoms with Crippen molar-refractivity contribution in [3.05, 3.63) is 66.3 Å². The Morgan fingerprint density at radius 1 is 1.26 bits per heavy atom. The zero-order chi connectivity index (χ0) is 21.6. The Balaban J connectivity index is 1.37. The SMILES string of the molecule is Cn1cc(-c2ccncc2/C=C/C(=O)NC2C=CC=C(C(=O)N3CCOCC3)C2)cn1. The van der Waals surface area contributed by atoms with Crippen LogP contribution in [0.2, 0.25) is 0 Å². The second kappa shape index (κ2) is 9.53. The van der Waals surface area contributed by atoms with Crippen molar-refractivity contribution in [2.24, 2.45) is 7.05 Å². The Morgan fingerprint density at radius 3 is 2.87 bits per heavy atom. The Labute approximate surface area is 180 Å². The smallest absolute Gasteiger partial charge is 0.250 e. The van der Waals surface area contributed by atoms with Gasteiger partial charge in [0.1, 0.15) is 0 Å². The average Bonchev–Trinajstić information content (AvgIpc) is 3.24. The third kappa shape index (κ3) is 5.16. The lowest BCUT2D eigenvalue weighted by Crippen LogP contribution is -2.43. The summed E-state index contributed by atoms with van der Waals surface area (Å²) in [6.07, 6.45) is 16.4. The fourth-order valence-corrected chi connectivity index (χ4v) is 3.67. The minimum atomic E-state index is -0.228. The molecule has 1 unspecified atom stereocenters. The maximum absolute atomic E-state index is 12.7. The van der Waals surface area contributed by atoms with Crippen LogP contribution in [-0.2, 0) is 21.4 Å². The Morgan fingerprint density at radius 2 is 2.10 bits per heavy atom. The number of hydrogen-bond acceptors (Lipinski definition) is 5. The largest absolute Gasteiger partial charge is 0.378 e. The molecule has 2 aromatic heterocycles. The molecule has 1 aliphatic carbocycles. The van der Waals surface area contributed by atoms with Crippen LogP contribution in [0.25, 0.3) is 17.2 Å². The van der Waals surface area contributed by atoms with Gasteiger partial charge in [-0.05, 0) is 17.7 Å². The number of rotatable bonds is 5. The van der Waals surface area contributed by atoms with Crippen molar-refractivity contribution < 1.29 is 14.3 Å². The fraction of sp³-hybridized carbons (Fsp3) is 0.304. The van der Waals surface area contributed by atoms with Crippen LogP contribution in [0.3, 0.4) is 0 Å². The molecule has 1 N–H and O–H groups in total. The zero-order valence-electron chi connectivity index (χ0n) is 17.4. The molecular weight excluding hydrogens is 394 g/mol. The number of aryl methyl sites for hydroxylation is 1. The van der Waals surface area contributed by atoms with Crippen LogP contribution in [0.1, 0.15) is 12.0 Å². The van der Waals surface area contributed by atoms with Gasteiger partial charge in [-0.25, -0.2) is 0 Å². The minimum Gasteiger partial charge on any atom is -0.378 e. The molecular formula is C23H25N5O3.